The molecule has 1 amide bonds. The molecule has 3 atom stereocenters. The van der Waals surface area contributed by atoms with Crippen LogP contribution in [-0.2, 0) is 19.7 Å². The van der Waals surface area contributed by atoms with Crippen LogP contribution in [0.1, 0.15) is 12.5 Å². The van der Waals surface area contributed by atoms with Crippen LogP contribution in [0.4, 0.5) is 18.9 Å². The largest absolute Gasteiger partial charge is 0.497 e. The van der Waals surface area contributed by atoms with Gasteiger partial charge in [-0.1, -0.05) is 0 Å². The summed E-state index contributed by atoms with van der Waals surface area (Å²) >= 11 is 0. The van der Waals surface area contributed by atoms with Crippen molar-refractivity contribution in [3.63, 3.8) is 0 Å². The zero-order valence-electron chi connectivity index (χ0n) is 13.3. The highest BCUT2D eigenvalue weighted by molar-refractivity contribution is 6.14. The number of hydrogen-bond donors (Lipinski definition) is 0. The van der Waals surface area contributed by atoms with Gasteiger partial charge in [-0.2, -0.15) is 13.2 Å². The molecule has 1 aromatic carbocycles. The summed E-state index contributed by atoms with van der Waals surface area (Å²) in [6.07, 6.45) is -4.70. The summed E-state index contributed by atoms with van der Waals surface area (Å²) < 4.78 is 50.5. The minimum absolute atomic E-state index is 0.0506. The van der Waals surface area contributed by atoms with Gasteiger partial charge in [-0.05, 0) is 30.7 Å². The summed E-state index contributed by atoms with van der Waals surface area (Å²) in [5, 5.41) is 0. The Morgan fingerprint density at radius 2 is 2.04 bits per heavy atom. The number of rotatable bonds is 3. The van der Waals surface area contributed by atoms with E-state index in [9.17, 15) is 22.8 Å². The van der Waals surface area contributed by atoms with E-state index in [-0.39, 0.29) is 12.2 Å². The van der Waals surface area contributed by atoms with E-state index in [1.54, 1.807) is 6.07 Å². The molecule has 1 spiro atoms. The van der Waals surface area contributed by atoms with Gasteiger partial charge in [0.25, 0.3) is 0 Å². The quantitative estimate of drug-likeness (QED) is 0.790. The maximum Gasteiger partial charge on any atom is 0.394 e. The number of alkyl halides is 3. The summed E-state index contributed by atoms with van der Waals surface area (Å²) in [5.74, 6) is -5.08. The number of hydrogen-bond acceptors (Lipinski definition) is 4. The van der Waals surface area contributed by atoms with Crippen molar-refractivity contribution in [1.29, 1.82) is 0 Å². The van der Waals surface area contributed by atoms with Gasteiger partial charge in [0.15, 0.2) is 0 Å². The Balaban J connectivity index is 2.18. The first-order valence-corrected chi connectivity index (χ1v) is 7.41. The number of benzene rings is 1. The molecule has 1 fully saturated rings. The average molecular weight is 343 g/mol. The number of fused-ring (bicyclic) bond motifs is 2. The Hall–Kier alpha value is -2.25. The Bertz CT molecular complexity index is 718. The van der Waals surface area contributed by atoms with Crippen molar-refractivity contribution >= 4 is 17.6 Å². The maximum atomic E-state index is 13.6. The second-order valence-corrected chi connectivity index (χ2v) is 5.87. The molecule has 3 unspecified atom stereocenters. The fourth-order valence-corrected chi connectivity index (χ4v) is 3.76. The van der Waals surface area contributed by atoms with E-state index in [1.807, 2.05) is 0 Å². The van der Waals surface area contributed by atoms with Gasteiger partial charge in [-0.3, -0.25) is 9.59 Å². The Kier molecular flexibility index (Phi) is 3.54. The lowest BCUT2D eigenvalue weighted by atomic mass is 9.92. The molecule has 1 aromatic rings. The van der Waals surface area contributed by atoms with E-state index in [0.29, 0.717) is 11.4 Å². The fraction of sp³-hybridized carbons (Fsp3) is 0.500. The lowest BCUT2D eigenvalue weighted by molar-refractivity contribution is -0.164. The number of likely N-dealkylation sites (N-methyl/N-ethyl adjacent to an activating group) is 1. The molecule has 3 rings (SSSR count). The molecule has 1 aliphatic heterocycles. The summed E-state index contributed by atoms with van der Waals surface area (Å²) in [7, 11) is 2.78. The van der Waals surface area contributed by atoms with Crippen molar-refractivity contribution in [3.8, 4) is 5.75 Å². The van der Waals surface area contributed by atoms with Crippen LogP contribution in [0.3, 0.4) is 0 Å². The first kappa shape index (κ1) is 16.6. The SMILES string of the molecule is CCOC(=O)C1C(C(F)(F)F)C12C(=O)N(C)c1ccc(OC)cc12. The Morgan fingerprint density at radius 3 is 2.58 bits per heavy atom. The van der Waals surface area contributed by atoms with E-state index in [1.165, 1.54) is 33.2 Å². The van der Waals surface area contributed by atoms with Crippen LogP contribution >= 0.6 is 0 Å². The number of carbonyl (C=O) groups excluding carboxylic acids is 2. The maximum absolute atomic E-state index is 13.6. The number of ether oxygens (including phenoxy) is 2. The third kappa shape index (κ3) is 1.94. The third-order valence-electron chi connectivity index (χ3n) is 4.77. The van der Waals surface area contributed by atoms with Gasteiger partial charge in [0.2, 0.25) is 5.91 Å². The van der Waals surface area contributed by atoms with E-state index >= 15 is 0 Å². The highest BCUT2D eigenvalue weighted by Gasteiger charge is 2.85. The van der Waals surface area contributed by atoms with Crippen molar-refractivity contribution < 1.29 is 32.2 Å². The van der Waals surface area contributed by atoms with Crippen LogP contribution in [0.25, 0.3) is 0 Å². The highest BCUT2D eigenvalue weighted by atomic mass is 19.4. The van der Waals surface area contributed by atoms with Crippen LogP contribution in [0.2, 0.25) is 0 Å². The molecule has 2 aliphatic rings. The van der Waals surface area contributed by atoms with Crippen molar-refractivity contribution in [2.75, 3.05) is 25.7 Å². The molecule has 0 radical (unpaired) electrons. The number of halogens is 3. The molecule has 0 bridgehead atoms. The second-order valence-electron chi connectivity index (χ2n) is 5.87. The minimum atomic E-state index is -4.70. The minimum Gasteiger partial charge on any atom is -0.497 e. The first-order chi connectivity index (χ1) is 11.2. The molecule has 24 heavy (non-hydrogen) atoms. The molecule has 5 nitrogen and oxygen atoms in total. The van der Waals surface area contributed by atoms with Gasteiger partial charge < -0.3 is 14.4 Å². The predicted octanol–water partition coefficient (Wildman–Crippen LogP) is 2.28. The Labute approximate surface area is 136 Å². The van der Waals surface area contributed by atoms with Crippen LogP contribution in [-0.4, -0.2) is 38.8 Å². The van der Waals surface area contributed by atoms with Crippen molar-refractivity contribution in [1.82, 2.24) is 0 Å². The number of esters is 1. The predicted molar refractivity (Wildman–Crippen MR) is 77.8 cm³/mol. The van der Waals surface area contributed by atoms with Crippen LogP contribution in [0.5, 0.6) is 5.75 Å². The van der Waals surface area contributed by atoms with Gasteiger partial charge in [0.1, 0.15) is 11.2 Å². The number of carbonyl (C=O) groups is 2. The Morgan fingerprint density at radius 1 is 1.38 bits per heavy atom. The lowest BCUT2D eigenvalue weighted by Gasteiger charge is -2.12. The summed E-state index contributed by atoms with van der Waals surface area (Å²) in [5.41, 5.74) is -1.44. The van der Waals surface area contributed by atoms with Gasteiger partial charge in [-0.15, -0.1) is 0 Å². The molecular formula is C16H16F3NO4. The van der Waals surface area contributed by atoms with E-state index in [4.69, 9.17) is 9.47 Å². The molecule has 1 heterocycles. The standard InChI is InChI=1S/C16H16F3NO4/c1-4-24-13(21)11-12(16(17,18)19)15(11)9-7-8(23-3)5-6-10(9)20(2)14(15)22/h5-7,11-12H,4H2,1-3H3. The topological polar surface area (TPSA) is 55.8 Å². The van der Waals surface area contributed by atoms with Crippen LogP contribution < -0.4 is 9.64 Å². The summed E-state index contributed by atoms with van der Waals surface area (Å²) in [6.45, 7) is 1.46. The fourth-order valence-electron chi connectivity index (χ4n) is 3.76. The average Bonchev–Trinajstić information content (AvgIpc) is 3.20. The van der Waals surface area contributed by atoms with Gasteiger partial charge in [0, 0.05) is 12.7 Å². The van der Waals surface area contributed by atoms with Crippen LogP contribution in [0, 0.1) is 11.8 Å². The molecule has 130 valence electrons. The number of amides is 1. The van der Waals surface area contributed by atoms with Crippen molar-refractivity contribution in [3.05, 3.63) is 23.8 Å². The van der Waals surface area contributed by atoms with E-state index in [2.05, 4.69) is 0 Å². The van der Waals surface area contributed by atoms with Crippen molar-refractivity contribution in [2.24, 2.45) is 11.8 Å². The van der Waals surface area contributed by atoms with E-state index < -0.39 is 35.3 Å². The molecule has 1 aliphatic carbocycles. The van der Waals surface area contributed by atoms with Gasteiger partial charge in [-0.25, -0.2) is 0 Å². The molecule has 1 saturated carbocycles. The molecule has 0 aromatic heterocycles. The second kappa shape index (κ2) is 5.12. The van der Waals surface area contributed by atoms with Gasteiger partial charge >= 0.3 is 12.1 Å². The summed E-state index contributed by atoms with van der Waals surface area (Å²) in [4.78, 5) is 26.0. The number of anilines is 1. The number of nitrogens with zero attached hydrogens (tertiary/aromatic N) is 1. The summed E-state index contributed by atoms with van der Waals surface area (Å²) in [6, 6.07) is 4.48. The molecule has 8 heteroatoms. The normalized spacial score (nSPS) is 28.1. The highest BCUT2D eigenvalue weighted by Crippen LogP contribution is 2.71. The molecular weight excluding hydrogens is 327 g/mol. The monoisotopic (exact) mass is 343 g/mol. The van der Waals surface area contributed by atoms with E-state index in [0.717, 1.165) is 4.90 Å². The smallest absolute Gasteiger partial charge is 0.394 e. The molecule has 0 N–H and O–H groups in total. The first-order valence-electron chi connectivity index (χ1n) is 7.41. The number of methoxy groups -OCH3 is 1. The molecule has 0 saturated heterocycles. The zero-order valence-corrected chi connectivity index (χ0v) is 13.3. The third-order valence-corrected chi connectivity index (χ3v) is 4.77. The van der Waals surface area contributed by atoms with Gasteiger partial charge in [0.05, 0.1) is 25.6 Å². The zero-order chi connectivity index (χ0) is 17.9. The van der Waals surface area contributed by atoms with Crippen molar-refractivity contribution in [2.45, 2.75) is 18.5 Å². The van der Waals surface area contributed by atoms with Crippen LogP contribution in [0.15, 0.2) is 18.2 Å². The lowest BCUT2D eigenvalue weighted by Crippen LogP contribution is -2.33.